The Morgan fingerprint density at radius 1 is 1.19 bits per heavy atom. The van der Waals surface area contributed by atoms with Gasteiger partial charge in [-0.15, -0.1) is 11.3 Å². The first kappa shape index (κ1) is 11.2. The third kappa shape index (κ3) is 1.97. The molecular weight excluding hydrogens is 230 g/mol. The Hall–Kier alpha value is -1.30. The van der Waals surface area contributed by atoms with E-state index in [0.717, 1.165) is 10.9 Å². The Morgan fingerprint density at radius 3 is 2.62 bits per heavy atom. The monoisotopic (exact) mass is 240 g/mol. The lowest BCUT2D eigenvalue weighted by Crippen LogP contribution is -2.29. The number of hydrogen-bond donors (Lipinski definition) is 2. The van der Waals surface area contributed by atoms with Crippen LogP contribution >= 0.6 is 11.3 Å². The second-order valence-corrected chi connectivity index (χ2v) is 4.24. The summed E-state index contributed by atoms with van der Waals surface area (Å²) in [7, 11) is 0. The van der Waals surface area contributed by atoms with Crippen molar-refractivity contribution in [2.24, 2.45) is 5.84 Å². The number of hydrazine groups is 1. The van der Waals surface area contributed by atoms with Crippen LogP contribution in [-0.2, 0) is 0 Å². The van der Waals surface area contributed by atoms with Crippen molar-refractivity contribution in [3.63, 3.8) is 0 Å². The molecule has 2 nitrogen and oxygen atoms in total. The van der Waals surface area contributed by atoms with Gasteiger partial charge in [-0.2, -0.15) is 0 Å². The molecule has 1 heterocycles. The Balaban J connectivity index is 2.45. The van der Waals surface area contributed by atoms with Gasteiger partial charge in [-0.1, -0.05) is 18.2 Å². The van der Waals surface area contributed by atoms with E-state index >= 15 is 0 Å². The van der Waals surface area contributed by atoms with Crippen molar-refractivity contribution in [1.82, 2.24) is 5.43 Å². The SMILES string of the molecule is NNC(c1cccs1)c1cccc(F)c1F. The average molecular weight is 240 g/mol. The van der Waals surface area contributed by atoms with Gasteiger partial charge >= 0.3 is 0 Å². The summed E-state index contributed by atoms with van der Waals surface area (Å²) in [6, 6.07) is 7.20. The molecule has 0 bridgehead atoms. The predicted octanol–water partition coefficient (Wildman–Crippen LogP) is 2.58. The van der Waals surface area contributed by atoms with E-state index in [1.807, 2.05) is 17.5 Å². The van der Waals surface area contributed by atoms with Crippen molar-refractivity contribution in [3.05, 3.63) is 57.8 Å². The standard InChI is InChI=1S/C11H10F2N2S/c12-8-4-1-3-7(10(8)13)11(15-14)9-5-2-6-16-9/h1-6,11,15H,14H2. The summed E-state index contributed by atoms with van der Waals surface area (Å²) >= 11 is 1.43. The molecule has 2 rings (SSSR count). The fourth-order valence-corrected chi connectivity index (χ4v) is 2.33. The molecule has 1 aromatic carbocycles. The fourth-order valence-electron chi connectivity index (χ4n) is 1.52. The Labute approximate surface area is 95.7 Å². The summed E-state index contributed by atoms with van der Waals surface area (Å²) in [5, 5.41) is 1.86. The van der Waals surface area contributed by atoms with Crippen LogP contribution in [0.4, 0.5) is 8.78 Å². The van der Waals surface area contributed by atoms with Crippen molar-refractivity contribution in [2.75, 3.05) is 0 Å². The maximum Gasteiger partial charge on any atom is 0.164 e. The first-order valence-electron chi connectivity index (χ1n) is 4.67. The number of nitrogens with one attached hydrogen (secondary N) is 1. The van der Waals surface area contributed by atoms with Gasteiger partial charge in [0.15, 0.2) is 11.6 Å². The highest BCUT2D eigenvalue weighted by atomic mass is 32.1. The lowest BCUT2D eigenvalue weighted by atomic mass is 10.1. The summed E-state index contributed by atoms with van der Waals surface area (Å²) in [4.78, 5) is 0.840. The van der Waals surface area contributed by atoms with Gasteiger partial charge < -0.3 is 0 Å². The summed E-state index contributed by atoms with van der Waals surface area (Å²) in [5.41, 5.74) is 2.71. The van der Waals surface area contributed by atoms with Crippen molar-refractivity contribution in [1.29, 1.82) is 0 Å². The van der Waals surface area contributed by atoms with Gasteiger partial charge in [-0.05, 0) is 17.5 Å². The Morgan fingerprint density at radius 2 is 2.00 bits per heavy atom. The van der Waals surface area contributed by atoms with Gasteiger partial charge in [0, 0.05) is 10.4 Å². The van der Waals surface area contributed by atoms with E-state index in [2.05, 4.69) is 5.43 Å². The van der Waals surface area contributed by atoms with Gasteiger partial charge in [0.2, 0.25) is 0 Å². The lowest BCUT2D eigenvalue weighted by molar-refractivity contribution is 0.484. The predicted molar refractivity (Wildman–Crippen MR) is 59.8 cm³/mol. The molecule has 1 atom stereocenters. The zero-order chi connectivity index (χ0) is 11.5. The molecule has 0 aliphatic heterocycles. The first-order chi connectivity index (χ1) is 7.74. The van der Waals surface area contributed by atoms with E-state index in [0.29, 0.717) is 0 Å². The van der Waals surface area contributed by atoms with Crippen LogP contribution in [-0.4, -0.2) is 0 Å². The Bertz CT molecular complexity index is 471. The number of nitrogens with two attached hydrogens (primary N) is 1. The molecule has 0 radical (unpaired) electrons. The number of rotatable bonds is 3. The maximum atomic E-state index is 13.6. The molecule has 0 saturated heterocycles. The van der Waals surface area contributed by atoms with E-state index in [4.69, 9.17) is 5.84 Å². The van der Waals surface area contributed by atoms with Crippen molar-refractivity contribution in [3.8, 4) is 0 Å². The highest BCUT2D eigenvalue weighted by Gasteiger charge is 2.19. The average Bonchev–Trinajstić information content (AvgIpc) is 2.79. The van der Waals surface area contributed by atoms with Crippen LogP contribution in [0.2, 0.25) is 0 Å². The third-order valence-corrected chi connectivity index (χ3v) is 3.22. The molecule has 3 N–H and O–H groups in total. The molecule has 0 amide bonds. The highest BCUT2D eigenvalue weighted by Crippen LogP contribution is 2.27. The van der Waals surface area contributed by atoms with Crippen LogP contribution in [0.1, 0.15) is 16.5 Å². The number of hydrogen-bond acceptors (Lipinski definition) is 3. The van der Waals surface area contributed by atoms with Crippen LogP contribution in [0, 0.1) is 11.6 Å². The fraction of sp³-hybridized carbons (Fsp3) is 0.0909. The normalized spacial score (nSPS) is 12.7. The molecule has 0 saturated carbocycles. The van der Waals surface area contributed by atoms with Crippen LogP contribution in [0.3, 0.4) is 0 Å². The van der Waals surface area contributed by atoms with Gasteiger partial charge in [0.1, 0.15) is 0 Å². The minimum absolute atomic E-state index is 0.213. The molecule has 1 aromatic heterocycles. The molecule has 2 aromatic rings. The van der Waals surface area contributed by atoms with Gasteiger partial charge in [-0.25, -0.2) is 14.2 Å². The molecule has 84 valence electrons. The molecule has 0 aliphatic rings. The quantitative estimate of drug-likeness (QED) is 0.639. The molecular formula is C11H10F2N2S. The van der Waals surface area contributed by atoms with Gasteiger partial charge in [-0.3, -0.25) is 5.84 Å². The summed E-state index contributed by atoms with van der Waals surface area (Å²) in [6.07, 6.45) is 0. The molecule has 0 aliphatic carbocycles. The minimum Gasteiger partial charge on any atom is -0.271 e. The van der Waals surface area contributed by atoms with Crippen LogP contribution in [0.15, 0.2) is 35.7 Å². The number of halogens is 2. The summed E-state index contributed by atoms with van der Waals surface area (Å²) in [6.45, 7) is 0. The summed E-state index contributed by atoms with van der Waals surface area (Å²) < 4.78 is 26.6. The minimum atomic E-state index is -0.866. The summed E-state index contributed by atoms with van der Waals surface area (Å²) in [5.74, 6) is 3.65. The topological polar surface area (TPSA) is 38.0 Å². The van der Waals surface area contributed by atoms with E-state index in [1.165, 1.54) is 23.5 Å². The number of thiophene rings is 1. The second-order valence-electron chi connectivity index (χ2n) is 3.26. The van der Waals surface area contributed by atoms with Crippen molar-refractivity contribution in [2.45, 2.75) is 6.04 Å². The van der Waals surface area contributed by atoms with Crippen LogP contribution < -0.4 is 11.3 Å². The van der Waals surface area contributed by atoms with E-state index in [-0.39, 0.29) is 5.56 Å². The largest absolute Gasteiger partial charge is 0.271 e. The molecule has 16 heavy (non-hydrogen) atoms. The lowest BCUT2D eigenvalue weighted by Gasteiger charge is -2.15. The first-order valence-corrected chi connectivity index (χ1v) is 5.55. The van der Waals surface area contributed by atoms with Crippen LogP contribution in [0.25, 0.3) is 0 Å². The van der Waals surface area contributed by atoms with E-state index in [1.54, 1.807) is 0 Å². The van der Waals surface area contributed by atoms with Crippen molar-refractivity contribution < 1.29 is 8.78 Å². The molecule has 5 heteroatoms. The maximum absolute atomic E-state index is 13.6. The highest BCUT2D eigenvalue weighted by molar-refractivity contribution is 7.10. The van der Waals surface area contributed by atoms with Gasteiger partial charge in [0.05, 0.1) is 6.04 Å². The van der Waals surface area contributed by atoms with E-state index < -0.39 is 17.7 Å². The molecule has 0 fully saturated rings. The molecule has 0 spiro atoms. The van der Waals surface area contributed by atoms with Crippen LogP contribution in [0.5, 0.6) is 0 Å². The van der Waals surface area contributed by atoms with E-state index in [9.17, 15) is 8.78 Å². The Kier molecular flexibility index (Phi) is 3.28. The zero-order valence-electron chi connectivity index (χ0n) is 8.28. The second kappa shape index (κ2) is 4.69. The number of benzene rings is 1. The zero-order valence-corrected chi connectivity index (χ0v) is 9.10. The van der Waals surface area contributed by atoms with Crippen molar-refractivity contribution >= 4 is 11.3 Å². The van der Waals surface area contributed by atoms with Gasteiger partial charge in [0.25, 0.3) is 0 Å². The third-order valence-electron chi connectivity index (χ3n) is 2.29. The molecule has 1 unspecified atom stereocenters. The smallest absolute Gasteiger partial charge is 0.164 e.